The SMILES string of the molecule is NC1CC2(CCS2(=O)=O)C1. The van der Waals surface area contributed by atoms with Crippen LogP contribution in [0.5, 0.6) is 0 Å². The number of hydrogen-bond donors (Lipinski definition) is 1. The van der Waals surface area contributed by atoms with E-state index in [1.54, 1.807) is 0 Å². The highest BCUT2D eigenvalue weighted by Crippen LogP contribution is 2.48. The molecule has 0 unspecified atom stereocenters. The topological polar surface area (TPSA) is 60.2 Å². The standard InChI is InChI=1S/C6H11NO2S/c7-5-3-6(4-5)1-2-10(6,8)9/h5H,1-4,7H2. The number of rotatable bonds is 0. The molecule has 58 valence electrons. The van der Waals surface area contributed by atoms with Crippen molar-refractivity contribution in [1.29, 1.82) is 0 Å². The predicted octanol–water partition coefficient (Wildman–Crippen LogP) is -0.335. The van der Waals surface area contributed by atoms with E-state index in [-0.39, 0.29) is 10.8 Å². The van der Waals surface area contributed by atoms with Crippen molar-refractivity contribution in [3.05, 3.63) is 0 Å². The molecule has 3 nitrogen and oxygen atoms in total. The quantitative estimate of drug-likeness (QED) is 0.529. The molecular weight excluding hydrogens is 150 g/mol. The summed E-state index contributed by atoms with van der Waals surface area (Å²) >= 11 is 0. The van der Waals surface area contributed by atoms with Gasteiger partial charge in [-0.2, -0.15) is 0 Å². The maximum atomic E-state index is 11.1. The molecule has 1 aliphatic heterocycles. The molecule has 0 radical (unpaired) electrons. The highest BCUT2D eigenvalue weighted by atomic mass is 32.2. The second-order valence-corrected chi connectivity index (χ2v) is 5.92. The van der Waals surface area contributed by atoms with Crippen LogP contribution in [-0.2, 0) is 9.84 Å². The Labute approximate surface area is 60.5 Å². The molecule has 0 atom stereocenters. The van der Waals surface area contributed by atoms with Crippen LogP contribution in [0.4, 0.5) is 0 Å². The van der Waals surface area contributed by atoms with Gasteiger partial charge in [0.15, 0.2) is 9.84 Å². The lowest BCUT2D eigenvalue weighted by Gasteiger charge is -2.51. The zero-order valence-corrected chi connectivity index (χ0v) is 6.52. The Bertz CT molecular complexity index is 251. The molecule has 2 rings (SSSR count). The van der Waals surface area contributed by atoms with Gasteiger partial charge < -0.3 is 5.73 Å². The van der Waals surface area contributed by atoms with Crippen LogP contribution in [0, 0.1) is 0 Å². The highest BCUT2D eigenvalue weighted by Gasteiger charge is 2.58. The summed E-state index contributed by atoms with van der Waals surface area (Å²) in [4.78, 5) is 0. The summed E-state index contributed by atoms with van der Waals surface area (Å²) in [5.41, 5.74) is 5.52. The molecule has 10 heavy (non-hydrogen) atoms. The Morgan fingerprint density at radius 3 is 2.10 bits per heavy atom. The summed E-state index contributed by atoms with van der Waals surface area (Å²) in [5, 5.41) is 0. The third-order valence-electron chi connectivity index (χ3n) is 2.75. The second kappa shape index (κ2) is 1.56. The summed E-state index contributed by atoms with van der Waals surface area (Å²) in [6, 6.07) is 0.148. The lowest BCUT2D eigenvalue weighted by atomic mass is 9.77. The largest absolute Gasteiger partial charge is 0.328 e. The van der Waals surface area contributed by atoms with Gasteiger partial charge in [0.25, 0.3) is 0 Å². The van der Waals surface area contributed by atoms with Gasteiger partial charge in [0.05, 0.1) is 10.5 Å². The van der Waals surface area contributed by atoms with E-state index in [1.807, 2.05) is 0 Å². The lowest BCUT2D eigenvalue weighted by molar-refractivity contribution is 0.257. The fraction of sp³-hybridized carbons (Fsp3) is 1.00. The minimum atomic E-state index is -2.70. The molecule has 1 spiro atoms. The van der Waals surface area contributed by atoms with Crippen molar-refractivity contribution in [2.24, 2.45) is 5.73 Å². The molecule has 0 aromatic rings. The third-order valence-corrected chi connectivity index (χ3v) is 5.35. The van der Waals surface area contributed by atoms with Crippen LogP contribution < -0.4 is 5.73 Å². The molecule has 1 heterocycles. The Kier molecular flexibility index (Phi) is 1.03. The molecule has 0 aromatic heterocycles. The fourth-order valence-corrected chi connectivity index (χ4v) is 3.96. The molecule has 2 fully saturated rings. The Morgan fingerprint density at radius 2 is 2.00 bits per heavy atom. The van der Waals surface area contributed by atoms with E-state index in [0.717, 1.165) is 6.42 Å². The van der Waals surface area contributed by atoms with Crippen LogP contribution in [-0.4, -0.2) is 25.0 Å². The summed E-state index contributed by atoms with van der Waals surface area (Å²) in [7, 11) is -2.70. The average Bonchev–Trinajstić information content (AvgIpc) is 1.78. The molecule has 0 amide bonds. The lowest BCUT2D eigenvalue weighted by Crippen LogP contribution is -2.63. The van der Waals surface area contributed by atoms with Crippen LogP contribution in [0.3, 0.4) is 0 Å². The molecule has 1 saturated carbocycles. The second-order valence-electron chi connectivity index (χ2n) is 3.42. The van der Waals surface area contributed by atoms with Crippen molar-refractivity contribution in [2.45, 2.75) is 30.1 Å². The van der Waals surface area contributed by atoms with E-state index in [2.05, 4.69) is 0 Å². The Hall–Kier alpha value is -0.0900. The third kappa shape index (κ3) is 0.563. The van der Waals surface area contributed by atoms with Crippen molar-refractivity contribution >= 4 is 9.84 Å². The molecular formula is C6H11NO2S. The summed E-state index contributed by atoms with van der Waals surface area (Å²) in [5.74, 6) is 0.389. The number of nitrogens with two attached hydrogens (primary N) is 1. The summed E-state index contributed by atoms with van der Waals surface area (Å²) in [6.07, 6.45) is 2.26. The van der Waals surface area contributed by atoms with Gasteiger partial charge in [-0.1, -0.05) is 0 Å². The van der Waals surface area contributed by atoms with Crippen molar-refractivity contribution in [1.82, 2.24) is 0 Å². The molecule has 2 N–H and O–H groups in total. The van der Waals surface area contributed by atoms with Crippen LogP contribution in [0.2, 0.25) is 0 Å². The van der Waals surface area contributed by atoms with Gasteiger partial charge in [0.2, 0.25) is 0 Å². The van der Waals surface area contributed by atoms with E-state index in [1.165, 1.54) is 0 Å². The van der Waals surface area contributed by atoms with E-state index in [0.29, 0.717) is 18.6 Å². The van der Waals surface area contributed by atoms with Crippen LogP contribution in [0.25, 0.3) is 0 Å². The summed E-state index contributed by atoms with van der Waals surface area (Å²) in [6.45, 7) is 0. The van der Waals surface area contributed by atoms with Gasteiger partial charge >= 0.3 is 0 Å². The van der Waals surface area contributed by atoms with Crippen molar-refractivity contribution in [3.63, 3.8) is 0 Å². The van der Waals surface area contributed by atoms with Crippen molar-refractivity contribution in [3.8, 4) is 0 Å². The van der Waals surface area contributed by atoms with Crippen LogP contribution >= 0.6 is 0 Å². The van der Waals surface area contributed by atoms with E-state index in [9.17, 15) is 8.42 Å². The minimum Gasteiger partial charge on any atom is -0.328 e. The van der Waals surface area contributed by atoms with Gasteiger partial charge in [0, 0.05) is 6.04 Å². The smallest absolute Gasteiger partial charge is 0.156 e. The molecule has 1 aliphatic carbocycles. The van der Waals surface area contributed by atoms with E-state index >= 15 is 0 Å². The first-order valence-corrected chi connectivity index (χ1v) is 5.19. The molecule has 2 aliphatic rings. The first kappa shape index (κ1) is 6.61. The molecule has 4 heteroatoms. The minimum absolute atomic E-state index is 0.148. The van der Waals surface area contributed by atoms with Gasteiger partial charge in [0.1, 0.15) is 0 Å². The van der Waals surface area contributed by atoms with Gasteiger partial charge in [-0.3, -0.25) is 0 Å². The zero-order valence-electron chi connectivity index (χ0n) is 5.71. The molecule has 0 aromatic carbocycles. The van der Waals surface area contributed by atoms with Crippen molar-refractivity contribution < 1.29 is 8.42 Å². The van der Waals surface area contributed by atoms with Crippen molar-refractivity contribution in [2.75, 3.05) is 5.75 Å². The van der Waals surface area contributed by atoms with Gasteiger partial charge in [-0.25, -0.2) is 8.42 Å². The van der Waals surface area contributed by atoms with Crippen LogP contribution in [0.15, 0.2) is 0 Å². The molecule has 1 saturated heterocycles. The van der Waals surface area contributed by atoms with Crippen LogP contribution in [0.1, 0.15) is 19.3 Å². The number of sulfone groups is 1. The van der Waals surface area contributed by atoms with Gasteiger partial charge in [-0.05, 0) is 19.3 Å². The monoisotopic (exact) mass is 161 g/mol. The maximum Gasteiger partial charge on any atom is 0.156 e. The van der Waals surface area contributed by atoms with Gasteiger partial charge in [-0.15, -0.1) is 0 Å². The Balaban J connectivity index is 2.22. The first-order valence-electron chi connectivity index (χ1n) is 3.54. The Morgan fingerprint density at radius 1 is 1.40 bits per heavy atom. The first-order chi connectivity index (χ1) is 4.56. The maximum absolute atomic E-state index is 11.1. The van der Waals surface area contributed by atoms with E-state index in [4.69, 9.17) is 5.73 Å². The fourth-order valence-electron chi connectivity index (χ4n) is 1.91. The molecule has 0 bridgehead atoms. The van der Waals surface area contributed by atoms with E-state index < -0.39 is 9.84 Å². The highest BCUT2D eigenvalue weighted by molar-refractivity contribution is 7.94. The normalized spacial score (nSPS) is 49.9. The number of hydrogen-bond acceptors (Lipinski definition) is 3. The zero-order chi connectivity index (χ0) is 7.41. The summed E-state index contributed by atoms with van der Waals surface area (Å²) < 4.78 is 21.9. The predicted molar refractivity (Wildman–Crippen MR) is 38.3 cm³/mol. The average molecular weight is 161 g/mol.